The van der Waals surface area contributed by atoms with Gasteiger partial charge in [0, 0.05) is 13.7 Å². The molecule has 5 heteroatoms. The molecule has 0 aromatic carbocycles. The fourth-order valence-electron chi connectivity index (χ4n) is 0.485. The van der Waals surface area contributed by atoms with Crippen molar-refractivity contribution >= 4 is 11.9 Å². The van der Waals surface area contributed by atoms with Crippen LogP contribution < -0.4 is 5.32 Å². The van der Waals surface area contributed by atoms with E-state index >= 15 is 0 Å². The summed E-state index contributed by atoms with van der Waals surface area (Å²) in [5.41, 5.74) is 0. The molecular formula is C7H13NO4. The Balaban J connectivity index is 3.64. The van der Waals surface area contributed by atoms with E-state index in [1.807, 2.05) is 0 Å². The van der Waals surface area contributed by atoms with Crippen LogP contribution in [0.2, 0.25) is 0 Å². The second-order valence-electron chi connectivity index (χ2n) is 2.25. The number of ether oxygens (including phenoxy) is 2. The summed E-state index contributed by atoms with van der Waals surface area (Å²) < 4.78 is 9.03. The highest BCUT2D eigenvalue weighted by atomic mass is 16.5. The molecule has 0 rings (SSSR count). The van der Waals surface area contributed by atoms with Crippen molar-refractivity contribution in [2.24, 2.45) is 0 Å². The number of nitrogens with one attached hydrogen (secondary N) is 1. The lowest BCUT2D eigenvalue weighted by Gasteiger charge is -2.09. The Labute approximate surface area is 71.0 Å². The molecule has 0 fully saturated rings. The fraction of sp³-hybridized carbons (Fsp3) is 0.714. The topological polar surface area (TPSA) is 64.6 Å². The molecule has 0 heterocycles. The molecule has 0 saturated heterocycles. The third kappa shape index (κ3) is 3.92. The third-order valence-corrected chi connectivity index (χ3v) is 1.32. The van der Waals surface area contributed by atoms with Crippen molar-refractivity contribution in [2.75, 3.05) is 20.8 Å². The molecular weight excluding hydrogens is 162 g/mol. The van der Waals surface area contributed by atoms with Crippen LogP contribution in [-0.2, 0) is 19.1 Å². The number of carbonyl (C=O) groups excluding carboxylic acids is 2. The molecule has 1 N–H and O–H groups in total. The first-order valence-corrected chi connectivity index (χ1v) is 3.50. The molecule has 12 heavy (non-hydrogen) atoms. The molecule has 0 aliphatic heterocycles. The van der Waals surface area contributed by atoms with Crippen molar-refractivity contribution in [3.8, 4) is 0 Å². The molecule has 0 saturated carbocycles. The average Bonchev–Trinajstić information content (AvgIpc) is 2.11. The summed E-state index contributed by atoms with van der Waals surface area (Å²) in [6, 6.07) is 0. The second kappa shape index (κ2) is 5.54. The molecule has 1 atom stereocenters. The van der Waals surface area contributed by atoms with Crippen LogP contribution in [0.3, 0.4) is 0 Å². The monoisotopic (exact) mass is 175 g/mol. The van der Waals surface area contributed by atoms with Gasteiger partial charge in [-0.3, -0.25) is 4.79 Å². The first-order chi connectivity index (χ1) is 5.61. The van der Waals surface area contributed by atoms with E-state index in [0.717, 1.165) is 7.11 Å². The highest BCUT2D eigenvalue weighted by Gasteiger charge is 2.13. The lowest BCUT2D eigenvalue weighted by atomic mass is 10.4. The van der Waals surface area contributed by atoms with Crippen LogP contribution in [0.15, 0.2) is 0 Å². The van der Waals surface area contributed by atoms with E-state index in [4.69, 9.17) is 4.74 Å². The first-order valence-electron chi connectivity index (χ1n) is 3.50. The maximum Gasteiger partial charge on any atom is 0.396 e. The molecule has 1 amide bonds. The van der Waals surface area contributed by atoms with E-state index in [1.165, 1.54) is 7.11 Å². The fourth-order valence-corrected chi connectivity index (χ4v) is 0.485. The number of methoxy groups -OCH3 is 2. The molecule has 70 valence electrons. The minimum Gasteiger partial charge on any atom is -0.462 e. The molecule has 0 aliphatic carbocycles. The Morgan fingerprint density at radius 3 is 2.42 bits per heavy atom. The van der Waals surface area contributed by atoms with Crippen LogP contribution in [0, 0.1) is 0 Å². The standard InChI is InChI=1S/C7H13NO4/c1-5(11-2)4-8-6(9)7(10)12-3/h5H,4H2,1-3H3,(H,8,9). The number of hydrogen-bond acceptors (Lipinski definition) is 4. The van der Waals surface area contributed by atoms with Gasteiger partial charge < -0.3 is 14.8 Å². The van der Waals surface area contributed by atoms with Crippen molar-refractivity contribution < 1.29 is 19.1 Å². The van der Waals surface area contributed by atoms with Crippen LogP contribution in [0.25, 0.3) is 0 Å². The molecule has 0 aromatic heterocycles. The lowest BCUT2D eigenvalue weighted by molar-refractivity contribution is -0.152. The summed E-state index contributed by atoms with van der Waals surface area (Å²) in [6.45, 7) is 2.07. The molecule has 0 spiro atoms. The lowest BCUT2D eigenvalue weighted by Crippen LogP contribution is -2.36. The first kappa shape index (κ1) is 10.9. The molecule has 0 aromatic rings. The Morgan fingerprint density at radius 2 is 2.00 bits per heavy atom. The van der Waals surface area contributed by atoms with Gasteiger partial charge in [-0.15, -0.1) is 0 Å². The smallest absolute Gasteiger partial charge is 0.396 e. The second-order valence-corrected chi connectivity index (χ2v) is 2.25. The predicted octanol–water partition coefficient (Wildman–Crippen LogP) is -0.690. The zero-order valence-electron chi connectivity index (χ0n) is 7.42. The van der Waals surface area contributed by atoms with Gasteiger partial charge in [0.1, 0.15) is 0 Å². The highest BCUT2D eigenvalue weighted by molar-refractivity contribution is 6.32. The van der Waals surface area contributed by atoms with Crippen molar-refractivity contribution in [2.45, 2.75) is 13.0 Å². The minimum absolute atomic E-state index is 0.112. The quantitative estimate of drug-likeness (QED) is 0.455. The summed E-state index contributed by atoms with van der Waals surface area (Å²) in [4.78, 5) is 21.3. The van der Waals surface area contributed by atoms with Crippen molar-refractivity contribution in [1.82, 2.24) is 5.32 Å². The predicted molar refractivity (Wildman–Crippen MR) is 41.5 cm³/mol. The van der Waals surface area contributed by atoms with Gasteiger partial charge in [0.25, 0.3) is 0 Å². The maximum atomic E-state index is 10.8. The van der Waals surface area contributed by atoms with Gasteiger partial charge in [-0.2, -0.15) is 0 Å². The Bertz CT molecular complexity index is 169. The Kier molecular flexibility index (Phi) is 5.03. The van der Waals surface area contributed by atoms with E-state index in [0.29, 0.717) is 6.54 Å². The minimum atomic E-state index is -0.890. The Hall–Kier alpha value is -1.10. The van der Waals surface area contributed by atoms with Crippen molar-refractivity contribution in [3.05, 3.63) is 0 Å². The van der Waals surface area contributed by atoms with Gasteiger partial charge in [-0.05, 0) is 6.92 Å². The van der Waals surface area contributed by atoms with Crippen LogP contribution in [-0.4, -0.2) is 38.7 Å². The Morgan fingerprint density at radius 1 is 1.42 bits per heavy atom. The summed E-state index contributed by atoms with van der Waals surface area (Å²) in [7, 11) is 2.68. The molecule has 5 nitrogen and oxygen atoms in total. The van der Waals surface area contributed by atoms with E-state index in [9.17, 15) is 9.59 Å². The summed E-state index contributed by atoms with van der Waals surface area (Å²) >= 11 is 0. The number of amides is 1. The maximum absolute atomic E-state index is 10.8. The van der Waals surface area contributed by atoms with Gasteiger partial charge in [-0.1, -0.05) is 0 Å². The van der Waals surface area contributed by atoms with Crippen LogP contribution in [0.4, 0.5) is 0 Å². The summed E-state index contributed by atoms with van der Waals surface area (Å²) in [5.74, 6) is -1.64. The van der Waals surface area contributed by atoms with Crippen LogP contribution >= 0.6 is 0 Å². The molecule has 0 bridgehead atoms. The van der Waals surface area contributed by atoms with Crippen LogP contribution in [0.1, 0.15) is 6.92 Å². The zero-order chi connectivity index (χ0) is 9.56. The van der Waals surface area contributed by atoms with Gasteiger partial charge in [-0.25, -0.2) is 4.79 Å². The SMILES string of the molecule is COC(=O)C(=O)NCC(C)OC. The zero-order valence-corrected chi connectivity index (χ0v) is 7.42. The number of rotatable bonds is 3. The largest absolute Gasteiger partial charge is 0.462 e. The van der Waals surface area contributed by atoms with E-state index < -0.39 is 11.9 Å². The van der Waals surface area contributed by atoms with E-state index in [-0.39, 0.29) is 6.10 Å². The highest BCUT2D eigenvalue weighted by Crippen LogP contribution is 1.83. The van der Waals surface area contributed by atoms with Crippen molar-refractivity contribution in [3.63, 3.8) is 0 Å². The van der Waals surface area contributed by atoms with E-state index in [1.54, 1.807) is 6.92 Å². The molecule has 0 radical (unpaired) electrons. The van der Waals surface area contributed by atoms with Gasteiger partial charge in [0.15, 0.2) is 0 Å². The number of hydrogen-bond donors (Lipinski definition) is 1. The number of esters is 1. The number of carbonyl (C=O) groups is 2. The summed E-state index contributed by atoms with van der Waals surface area (Å²) in [5, 5.41) is 2.35. The van der Waals surface area contributed by atoms with E-state index in [2.05, 4.69) is 10.1 Å². The normalized spacial score (nSPS) is 11.9. The van der Waals surface area contributed by atoms with Gasteiger partial charge in [0.05, 0.1) is 13.2 Å². The van der Waals surface area contributed by atoms with Gasteiger partial charge in [0.2, 0.25) is 0 Å². The third-order valence-electron chi connectivity index (χ3n) is 1.32. The molecule has 0 aliphatic rings. The average molecular weight is 175 g/mol. The molecule has 1 unspecified atom stereocenters. The summed E-state index contributed by atoms with van der Waals surface area (Å²) in [6.07, 6.45) is -0.112. The van der Waals surface area contributed by atoms with Crippen LogP contribution in [0.5, 0.6) is 0 Å². The van der Waals surface area contributed by atoms with Gasteiger partial charge >= 0.3 is 11.9 Å². The van der Waals surface area contributed by atoms with Crippen molar-refractivity contribution in [1.29, 1.82) is 0 Å².